The molecule has 1 heterocycles. The Hall–Kier alpha value is -0.230. The number of alkyl halides is 2. The van der Waals surface area contributed by atoms with Crippen LogP contribution in [0.2, 0.25) is 0 Å². The third kappa shape index (κ3) is 2.67. The van der Waals surface area contributed by atoms with Crippen LogP contribution in [0.3, 0.4) is 0 Å². The summed E-state index contributed by atoms with van der Waals surface area (Å²) in [5.74, 6) is -0.161. The zero-order chi connectivity index (χ0) is 9.19. The van der Waals surface area contributed by atoms with Gasteiger partial charge in [0.25, 0.3) is 6.43 Å². The Morgan fingerprint density at radius 3 is 2.58 bits per heavy atom. The van der Waals surface area contributed by atoms with E-state index in [1.54, 1.807) is 0 Å². The Bertz CT molecular complexity index is 240. The molecule has 6 heteroatoms. The van der Waals surface area contributed by atoms with Gasteiger partial charge < -0.3 is 5.32 Å². The standard InChI is InChI=1S/C6H11F2NO2S/c7-6(8)5-1-3-12(10,11)4-2-9-5/h5-6,9H,1-4H2. The molecule has 1 rings (SSSR count). The van der Waals surface area contributed by atoms with E-state index in [2.05, 4.69) is 5.32 Å². The van der Waals surface area contributed by atoms with Crippen molar-refractivity contribution in [1.29, 1.82) is 0 Å². The summed E-state index contributed by atoms with van der Waals surface area (Å²) >= 11 is 0. The molecule has 0 amide bonds. The van der Waals surface area contributed by atoms with E-state index >= 15 is 0 Å². The second-order valence-electron chi connectivity index (χ2n) is 2.84. The molecular formula is C6H11F2NO2S. The largest absolute Gasteiger partial charge is 0.308 e. The molecule has 12 heavy (non-hydrogen) atoms. The highest BCUT2D eigenvalue weighted by Crippen LogP contribution is 2.10. The molecule has 0 bridgehead atoms. The predicted molar refractivity (Wildman–Crippen MR) is 41.1 cm³/mol. The lowest BCUT2D eigenvalue weighted by Gasteiger charge is -2.12. The van der Waals surface area contributed by atoms with Crippen molar-refractivity contribution in [3.8, 4) is 0 Å². The molecule has 1 aliphatic rings. The average molecular weight is 199 g/mol. The zero-order valence-electron chi connectivity index (χ0n) is 6.46. The molecule has 0 spiro atoms. The van der Waals surface area contributed by atoms with Crippen LogP contribution in [0, 0.1) is 0 Å². The fraction of sp³-hybridized carbons (Fsp3) is 1.00. The van der Waals surface area contributed by atoms with Gasteiger partial charge in [-0.15, -0.1) is 0 Å². The first-order chi connectivity index (χ1) is 5.51. The lowest BCUT2D eigenvalue weighted by molar-refractivity contribution is 0.0986. The molecule has 1 fully saturated rings. The number of rotatable bonds is 1. The van der Waals surface area contributed by atoms with Gasteiger partial charge in [-0.1, -0.05) is 0 Å². The van der Waals surface area contributed by atoms with E-state index in [1.165, 1.54) is 0 Å². The van der Waals surface area contributed by atoms with Crippen LogP contribution in [0.25, 0.3) is 0 Å². The molecule has 72 valence electrons. The molecule has 1 aliphatic heterocycles. The van der Waals surface area contributed by atoms with Crippen LogP contribution in [0.1, 0.15) is 6.42 Å². The Kier molecular flexibility index (Phi) is 3.00. The summed E-state index contributed by atoms with van der Waals surface area (Å²) < 4.78 is 46.1. The highest BCUT2D eigenvalue weighted by molar-refractivity contribution is 7.91. The van der Waals surface area contributed by atoms with Crippen LogP contribution in [0.4, 0.5) is 8.78 Å². The van der Waals surface area contributed by atoms with Crippen molar-refractivity contribution in [2.45, 2.75) is 18.9 Å². The van der Waals surface area contributed by atoms with E-state index in [-0.39, 0.29) is 24.5 Å². The smallest absolute Gasteiger partial charge is 0.253 e. The lowest BCUT2D eigenvalue weighted by atomic mass is 10.2. The summed E-state index contributed by atoms with van der Waals surface area (Å²) in [5, 5.41) is 2.51. The Labute approximate surface area is 70.1 Å². The van der Waals surface area contributed by atoms with Crippen LogP contribution in [0.5, 0.6) is 0 Å². The van der Waals surface area contributed by atoms with Gasteiger partial charge in [-0.25, -0.2) is 17.2 Å². The normalized spacial score (nSPS) is 30.1. The number of hydrogen-bond acceptors (Lipinski definition) is 3. The average Bonchev–Trinajstić information content (AvgIpc) is 2.10. The van der Waals surface area contributed by atoms with E-state index in [0.717, 1.165) is 0 Å². The van der Waals surface area contributed by atoms with Gasteiger partial charge >= 0.3 is 0 Å². The first-order valence-electron chi connectivity index (χ1n) is 3.73. The van der Waals surface area contributed by atoms with Crippen molar-refractivity contribution in [2.75, 3.05) is 18.1 Å². The van der Waals surface area contributed by atoms with Crippen LogP contribution in [-0.4, -0.2) is 38.9 Å². The number of hydrogen-bond donors (Lipinski definition) is 1. The van der Waals surface area contributed by atoms with Gasteiger partial charge in [-0.2, -0.15) is 0 Å². The van der Waals surface area contributed by atoms with E-state index in [9.17, 15) is 17.2 Å². The van der Waals surface area contributed by atoms with Gasteiger partial charge in [0.15, 0.2) is 9.84 Å². The second-order valence-corrected chi connectivity index (χ2v) is 5.14. The minimum absolute atomic E-state index is 0.0139. The van der Waals surface area contributed by atoms with Gasteiger partial charge in [-0.05, 0) is 6.42 Å². The van der Waals surface area contributed by atoms with Crippen molar-refractivity contribution < 1.29 is 17.2 Å². The van der Waals surface area contributed by atoms with Crippen LogP contribution in [0.15, 0.2) is 0 Å². The molecule has 1 unspecified atom stereocenters. The van der Waals surface area contributed by atoms with E-state index in [0.29, 0.717) is 0 Å². The first-order valence-corrected chi connectivity index (χ1v) is 5.55. The summed E-state index contributed by atoms with van der Waals surface area (Å²) in [7, 11) is -3.08. The topological polar surface area (TPSA) is 46.2 Å². The van der Waals surface area contributed by atoms with Gasteiger partial charge in [0.2, 0.25) is 0 Å². The minimum Gasteiger partial charge on any atom is -0.308 e. The summed E-state index contributed by atoms with van der Waals surface area (Å²) in [6.45, 7) is 0.136. The fourth-order valence-corrected chi connectivity index (χ4v) is 2.37. The summed E-state index contributed by atoms with van der Waals surface area (Å²) in [6.07, 6.45) is -2.46. The van der Waals surface area contributed by atoms with Crippen molar-refractivity contribution >= 4 is 9.84 Å². The Morgan fingerprint density at radius 2 is 2.00 bits per heavy atom. The molecule has 0 aliphatic carbocycles. The third-order valence-electron chi connectivity index (χ3n) is 1.86. The quantitative estimate of drug-likeness (QED) is 0.648. The maximum absolute atomic E-state index is 12.1. The molecular weight excluding hydrogens is 188 g/mol. The van der Waals surface area contributed by atoms with Gasteiger partial charge in [0, 0.05) is 6.54 Å². The van der Waals surface area contributed by atoms with E-state index in [4.69, 9.17) is 0 Å². The molecule has 3 nitrogen and oxygen atoms in total. The minimum atomic E-state index is -3.08. The third-order valence-corrected chi connectivity index (χ3v) is 3.55. The van der Waals surface area contributed by atoms with Crippen molar-refractivity contribution in [3.05, 3.63) is 0 Å². The lowest BCUT2D eigenvalue weighted by Crippen LogP contribution is -2.35. The molecule has 1 saturated heterocycles. The van der Waals surface area contributed by atoms with Crippen LogP contribution in [-0.2, 0) is 9.84 Å². The summed E-state index contributed by atoms with van der Waals surface area (Å²) in [5.41, 5.74) is 0. The molecule has 0 saturated carbocycles. The predicted octanol–water partition coefficient (Wildman–Crippen LogP) is 0.0282. The SMILES string of the molecule is O=S1(=O)CCNC(C(F)F)CC1. The molecule has 1 N–H and O–H groups in total. The first kappa shape index (κ1) is 9.85. The molecule has 0 aromatic heterocycles. The summed E-state index contributed by atoms with van der Waals surface area (Å²) in [6, 6.07) is -0.956. The molecule has 0 aromatic rings. The van der Waals surface area contributed by atoms with Gasteiger partial charge in [0.1, 0.15) is 0 Å². The Morgan fingerprint density at radius 1 is 1.33 bits per heavy atom. The second kappa shape index (κ2) is 3.66. The van der Waals surface area contributed by atoms with Crippen LogP contribution >= 0.6 is 0 Å². The highest BCUT2D eigenvalue weighted by Gasteiger charge is 2.26. The maximum Gasteiger partial charge on any atom is 0.253 e. The van der Waals surface area contributed by atoms with E-state index in [1.807, 2.05) is 0 Å². The van der Waals surface area contributed by atoms with Gasteiger partial charge in [0.05, 0.1) is 17.5 Å². The number of sulfone groups is 1. The van der Waals surface area contributed by atoms with E-state index < -0.39 is 22.3 Å². The molecule has 0 aromatic carbocycles. The van der Waals surface area contributed by atoms with Gasteiger partial charge in [-0.3, -0.25) is 0 Å². The monoisotopic (exact) mass is 199 g/mol. The van der Waals surface area contributed by atoms with Crippen LogP contribution < -0.4 is 5.32 Å². The van der Waals surface area contributed by atoms with Crippen molar-refractivity contribution in [3.63, 3.8) is 0 Å². The highest BCUT2D eigenvalue weighted by atomic mass is 32.2. The maximum atomic E-state index is 12.1. The fourth-order valence-electron chi connectivity index (χ4n) is 1.13. The Balaban J connectivity index is 2.56. The van der Waals surface area contributed by atoms with Crippen molar-refractivity contribution in [1.82, 2.24) is 5.32 Å². The summed E-state index contributed by atoms with van der Waals surface area (Å²) in [4.78, 5) is 0. The number of halogens is 2. The van der Waals surface area contributed by atoms with Crippen molar-refractivity contribution in [2.24, 2.45) is 0 Å². The zero-order valence-corrected chi connectivity index (χ0v) is 7.28. The molecule has 1 atom stereocenters. The molecule has 0 radical (unpaired) electrons. The number of nitrogens with one attached hydrogen (secondary N) is 1.